The molecule has 0 radical (unpaired) electrons. The molecule has 0 amide bonds. The lowest BCUT2D eigenvalue weighted by molar-refractivity contribution is 0.232. The van der Waals surface area contributed by atoms with Gasteiger partial charge in [0.15, 0.2) is 0 Å². The number of halogens is 1. The summed E-state index contributed by atoms with van der Waals surface area (Å²) < 4.78 is 5.51. The summed E-state index contributed by atoms with van der Waals surface area (Å²) in [5, 5.41) is 3.58. The minimum Gasteiger partial charge on any atom is -0.475 e. The van der Waals surface area contributed by atoms with Gasteiger partial charge in [0.25, 0.3) is 0 Å². The van der Waals surface area contributed by atoms with Gasteiger partial charge in [-0.2, -0.15) is 4.98 Å². The average molecular weight is 256 g/mol. The molecule has 0 saturated heterocycles. The molecule has 1 aromatic heterocycles. The fraction of sp³-hybridized carbons (Fsp3) is 0.667. The van der Waals surface area contributed by atoms with Crippen molar-refractivity contribution in [2.24, 2.45) is 5.92 Å². The van der Waals surface area contributed by atoms with Crippen LogP contribution in [0.3, 0.4) is 0 Å². The second-order valence-corrected chi connectivity index (χ2v) is 5.32. The lowest BCUT2D eigenvalue weighted by Crippen LogP contribution is -2.30. The first-order chi connectivity index (χ1) is 8.13. The van der Waals surface area contributed by atoms with Gasteiger partial charge in [-0.3, -0.25) is 0 Å². The van der Waals surface area contributed by atoms with Gasteiger partial charge in [0.1, 0.15) is 0 Å². The highest BCUT2D eigenvalue weighted by Gasteiger charge is 2.26. The topological polar surface area (TPSA) is 47.0 Å². The van der Waals surface area contributed by atoms with Crippen LogP contribution in [0.5, 0.6) is 5.88 Å². The van der Waals surface area contributed by atoms with Gasteiger partial charge in [-0.1, -0.05) is 0 Å². The molecule has 1 aliphatic rings. The zero-order chi connectivity index (χ0) is 12.3. The van der Waals surface area contributed by atoms with Crippen molar-refractivity contribution in [2.75, 3.05) is 11.9 Å². The summed E-state index contributed by atoms with van der Waals surface area (Å²) in [7, 11) is 0. The number of rotatable bonds is 5. The summed E-state index contributed by atoms with van der Waals surface area (Å²) in [6.45, 7) is 4.84. The fourth-order valence-electron chi connectivity index (χ4n) is 1.79. The van der Waals surface area contributed by atoms with E-state index in [1.165, 1.54) is 0 Å². The monoisotopic (exact) mass is 255 g/mol. The Hall–Kier alpha value is -1.03. The molecular weight excluding hydrogens is 238 g/mol. The Labute approximate surface area is 107 Å². The molecule has 0 atom stereocenters. The Kier molecular flexibility index (Phi) is 4.05. The number of alkyl halides is 1. The maximum Gasteiger partial charge on any atom is 0.225 e. The molecule has 1 aromatic rings. The molecule has 4 nitrogen and oxygen atoms in total. The lowest BCUT2D eigenvalue weighted by atomic mass is 9.85. The second-order valence-electron chi connectivity index (χ2n) is 4.70. The van der Waals surface area contributed by atoms with Crippen LogP contribution in [-0.4, -0.2) is 28.0 Å². The predicted molar refractivity (Wildman–Crippen MR) is 68.7 cm³/mol. The smallest absolute Gasteiger partial charge is 0.225 e. The van der Waals surface area contributed by atoms with Gasteiger partial charge in [0.2, 0.25) is 11.8 Å². The van der Waals surface area contributed by atoms with Crippen LogP contribution in [-0.2, 0) is 0 Å². The van der Waals surface area contributed by atoms with Gasteiger partial charge in [-0.25, -0.2) is 4.98 Å². The van der Waals surface area contributed by atoms with E-state index >= 15 is 0 Å². The van der Waals surface area contributed by atoms with Crippen LogP contribution >= 0.6 is 11.6 Å². The van der Waals surface area contributed by atoms with Gasteiger partial charge in [0.05, 0.1) is 6.10 Å². The number of anilines is 1. The maximum atomic E-state index is 5.93. The van der Waals surface area contributed by atoms with E-state index in [0.29, 0.717) is 23.1 Å². The normalized spacial score (nSPS) is 23.3. The Morgan fingerprint density at radius 3 is 2.94 bits per heavy atom. The van der Waals surface area contributed by atoms with Crippen LogP contribution in [0.1, 0.15) is 26.7 Å². The molecule has 0 aromatic carbocycles. The van der Waals surface area contributed by atoms with Crippen LogP contribution in [0.15, 0.2) is 12.3 Å². The highest BCUT2D eigenvalue weighted by Crippen LogP contribution is 2.31. The van der Waals surface area contributed by atoms with E-state index in [-0.39, 0.29) is 6.10 Å². The molecule has 1 heterocycles. The molecule has 0 bridgehead atoms. The molecule has 1 N–H and O–H groups in total. The second kappa shape index (κ2) is 5.54. The Bertz CT molecular complexity index is 367. The summed E-state index contributed by atoms with van der Waals surface area (Å²) in [6, 6.07) is 1.77. The number of ether oxygens (including phenoxy) is 1. The van der Waals surface area contributed by atoms with E-state index in [0.717, 1.165) is 19.4 Å². The van der Waals surface area contributed by atoms with Crippen molar-refractivity contribution in [2.45, 2.75) is 38.2 Å². The molecule has 94 valence electrons. The van der Waals surface area contributed by atoms with E-state index in [4.69, 9.17) is 16.3 Å². The molecular formula is C12H18ClN3O. The third-order valence-electron chi connectivity index (χ3n) is 2.71. The van der Waals surface area contributed by atoms with Crippen LogP contribution in [0, 0.1) is 5.92 Å². The zero-order valence-corrected chi connectivity index (χ0v) is 10.9. The summed E-state index contributed by atoms with van der Waals surface area (Å²) >= 11 is 5.93. The van der Waals surface area contributed by atoms with Crippen molar-refractivity contribution < 1.29 is 4.74 Å². The minimum absolute atomic E-state index is 0.126. The fourth-order valence-corrected chi connectivity index (χ4v) is 2.30. The molecule has 1 aliphatic carbocycles. The maximum absolute atomic E-state index is 5.93. The molecule has 0 unspecified atom stereocenters. The van der Waals surface area contributed by atoms with E-state index in [1.807, 2.05) is 13.8 Å². The van der Waals surface area contributed by atoms with E-state index in [9.17, 15) is 0 Å². The number of aromatic nitrogens is 2. The largest absolute Gasteiger partial charge is 0.475 e. The Balaban J connectivity index is 1.83. The van der Waals surface area contributed by atoms with Crippen molar-refractivity contribution in [1.82, 2.24) is 9.97 Å². The lowest BCUT2D eigenvalue weighted by Gasteiger charge is -2.30. The Morgan fingerprint density at radius 2 is 2.29 bits per heavy atom. The minimum atomic E-state index is 0.126. The van der Waals surface area contributed by atoms with Crippen molar-refractivity contribution in [1.29, 1.82) is 0 Å². The summed E-state index contributed by atoms with van der Waals surface area (Å²) in [4.78, 5) is 8.45. The first kappa shape index (κ1) is 12.4. The number of hydrogen-bond acceptors (Lipinski definition) is 4. The number of nitrogens with zero attached hydrogens (tertiary/aromatic N) is 2. The van der Waals surface area contributed by atoms with E-state index < -0.39 is 0 Å². The van der Waals surface area contributed by atoms with Gasteiger partial charge in [0, 0.05) is 24.2 Å². The van der Waals surface area contributed by atoms with Crippen molar-refractivity contribution in [3.8, 4) is 5.88 Å². The van der Waals surface area contributed by atoms with Crippen LogP contribution in [0.2, 0.25) is 0 Å². The predicted octanol–water partition coefficient (Wildman–Crippen LogP) is 2.69. The van der Waals surface area contributed by atoms with Gasteiger partial charge >= 0.3 is 0 Å². The third-order valence-corrected chi connectivity index (χ3v) is 3.07. The molecule has 5 heteroatoms. The van der Waals surface area contributed by atoms with Gasteiger partial charge in [-0.15, -0.1) is 11.6 Å². The average Bonchev–Trinajstić information content (AvgIpc) is 2.22. The first-order valence-corrected chi connectivity index (χ1v) is 6.45. The summed E-state index contributed by atoms with van der Waals surface area (Å²) in [5.74, 6) is 1.89. The van der Waals surface area contributed by atoms with Crippen molar-refractivity contribution in [3.05, 3.63) is 12.3 Å². The highest BCUT2D eigenvalue weighted by molar-refractivity contribution is 6.21. The van der Waals surface area contributed by atoms with Crippen molar-refractivity contribution in [3.63, 3.8) is 0 Å². The Morgan fingerprint density at radius 1 is 1.53 bits per heavy atom. The number of nitrogens with one attached hydrogen (secondary N) is 1. The molecule has 0 aliphatic heterocycles. The number of hydrogen-bond donors (Lipinski definition) is 1. The molecule has 0 spiro atoms. The van der Waals surface area contributed by atoms with Crippen molar-refractivity contribution >= 4 is 17.5 Å². The van der Waals surface area contributed by atoms with Gasteiger partial charge < -0.3 is 10.1 Å². The quantitative estimate of drug-likeness (QED) is 0.822. The van der Waals surface area contributed by atoms with Crippen LogP contribution < -0.4 is 10.1 Å². The van der Waals surface area contributed by atoms with Gasteiger partial charge in [-0.05, 0) is 32.6 Å². The summed E-state index contributed by atoms with van der Waals surface area (Å²) in [6.07, 6.45) is 3.99. The third kappa shape index (κ3) is 3.73. The van der Waals surface area contributed by atoms with E-state index in [2.05, 4.69) is 15.3 Å². The highest BCUT2D eigenvalue weighted by atomic mass is 35.5. The van der Waals surface area contributed by atoms with Crippen LogP contribution in [0.4, 0.5) is 5.95 Å². The first-order valence-electron chi connectivity index (χ1n) is 6.01. The summed E-state index contributed by atoms with van der Waals surface area (Å²) in [5.41, 5.74) is 0. The van der Waals surface area contributed by atoms with Crippen LogP contribution in [0.25, 0.3) is 0 Å². The molecule has 1 saturated carbocycles. The SMILES string of the molecule is CC(C)Oc1ccnc(NCC2CC(Cl)C2)n1. The van der Waals surface area contributed by atoms with E-state index in [1.54, 1.807) is 12.3 Å². The standard InChI is InChI=1S/C12H18ClN3O/c1-8(2)17-11-3-4-14-12(16-11)15-7-9-5-10(13)6-9/h3-4,8-10H,5-7H2,1-2H3,(H,14,15,16). The molecule has 17 heavy (non-hydrogen) atoms. The zero-order valence-electron chi connectivity index (χ0n) is 10.2. The molecule has 2 rings (SSSR count). The molecule has 1 fully saturated rings.